The van der Waals surface area contributed by atoms with E-state index in [-0.39, 0.29) is 23.6 Å². The van der Waals surface area contributed by atoms with Crippen LogP contribution in [0.2, 0.25) is 0 Å². The van der Waals surface area contributed by atoms with Gasteiger partial charge < -0.3 is 14.6 Å². The first-order chi connectivity index (χ1) is 10.8. The molecule has 23 heavy (non-hydrogen) atoms. The lowest BCUT2D eigenvalue weighted by Crippen LogP contribution is -2.42. The number of aryl methyl sites for hydroxylation is 1. The second-order valence-corrected chi connectivity index (χ2v) is 6.20. The number of hydrogen-bond acceptors (Lipinski definition) is 5. The Bertz CT molecular complexity index is 699. The summed E-state index contributed by atoms with van der Waals surface area (Å²) in [6, 6.07) is 9.18. The molecule has 0 atom stereocenters. The van der Waals surface area contributed by atoms with E-state index in [0.29, 0.717) is 11.5 Å². The molecular formula is C17H20N2O4. The first-order valence-electron chi connectivity index (χ1n) is 7.28. The minimum Gasteiger partial charge on any atom is -0.452 e. The van der Waals surface area contributed by atoms with Crippen LogP contribution in [-0.4, -0.2) is 29.2 Å². The Kier molecular flexibility index (Phi) is 4.83. The van der Waals surface area contributed by atoms with Crippen molar-refractivity contribution < 1.29 is 18.8 Å². The third-order valence-electron chi connectivity index (χ3n) is 2.96. The fraction of sp³-hybridized carbons (Fsp3) is 0.353. The Morgan fingerprint density at radius 3 is 2.48 bits per heavy atom. The molecule has 1 N–H and O–H groups in total. The lowest BCUT2D eigenvalue weighted by atomic mass is 10.1. The smallest absolute Gasteiger partial charge is 0.344 e. The molecule has 1 aromatic carbocycles. The Morgan fingerprint density at radius 1 is 1.22 bits per heavy atom. The lowest BCUT2D eigenvalue weighted by molar-refractivity contribution is -0.125. The van der Waals surface area contributed by atoms with Crippen molar-refractivity contribution in [3.05, 3.63) is 41.7 Å². The topological polar surface area (TPSA) is 81.4 Å². The zero-order valence-corrected chi connectivity index (χ0v) is 13.7. The van der Waals surface area contributed by atoms with Gasteiger partial charge in [-0.15, -0.1) is 0 Å². The first-order valence-corrected chi connectivity index (χ1v) is 7.28. The van der Waals surface area contributed by atoms with E-state index in [4.69, 9.17) is 9.26 Å². The van der Waals surface area contributed by atoms with Crippen molar-refractivity contribution in [2.45, 2.75) is 33.2 Å². The van der Waals surface area contributed by atoms with E-state index in [1.807, 2.05) is 51.1 Å². The highest BCUT2D eigenvalue weighted by Crippen LogP contribution is 2.25. The van der Waals surface area contributed by atoms with Crippen LogP contribution in [0.4, 0.5) is 0 Å². The maximum absolute atomic E-state index is 12.3. The van der Waals surface area contributed by atoms with E-state index in [0.717, 1.165) is 5.56 Å². The molecule has 122 valence electrons. The van der Waals surface area contributed by atoms with E-state index >= 15 is 0 Å². The molecule has 0 bridgehead atoms. The Hall–Kier alpha value is -2.63. The van der Waals surface area contributed by atoms with Crippen LogP contribution in [0.5, 0.6) is 0 Å². The first kappa shape index (κ1) is 16.7. The summed E-state index contributed by atoms with van der Waals surface area (Å²) in [6.45, 7) is 6.83. The Labute approximate surface area is 134 Å². The number of carbonyl (C=O) groups is 2. The van der Waals surface area contributed by atoms with Gasteiger partial charge in [-0.05, 0) is 27.7 Å². The minimum absolute atomic E-state index is 0.236. The van der Waals surface area contributed by atoms with E-state index in [1.165, 1.54) is 0 Å². The molecule has 0 aliphatic carbocycles. The van der Waals surface area contributed by atoms with Gasteiger partial charge in [-0.25, -0.2) is 4.79 Å². The maximum atomic E-state index is 12.3. The molecule has 1 aromatic heterocycles. The molecule has 0 aliphatic heterocycles. The quantitative estimate of drug-likeness (QED) is 0.877. The van der Waals surface area contributed by atoms with Crippen LogP contribution in [0, 0.1) is 6.92 Å². The summed E-state index contributed by atoms with van der Waals surface area (Å²) >= 11 is 0. The number of esters is 1. The number of nitrogens with one attached hydrogen (secondary N) is 1. The molecule has 0 spiro atoms. The third-order valence-corrected chi connectivity index (χ3v) is 2.96. The van der Waals surface area contributed by atoms with Crippen LogP contribution in [0.3, 0.4) is 0 Å². The van der Waals surface area contributed by atoms with Crippen molar-refractivity contribution in [3.8, 4) is 11.3 Å². The number of rotatable bonds is 4. The average Bonchev–Trinajstić information content (AvgIpc) is 2.86. The number of benzene rings is 1. The summed E-state index contributed by atoms with van der Waals surface area (Å²) in [7, 11) is 0. The zero-order chi connectivity index (χ0) is 17.0. The number of amides is 1. The van der Waals surface area contributed by atoms with Crippen molar-refractivity contribution in [3.63, 3.8) is 0 Å². The summed E-state index contributed by atoms with van der Waals surface area (Å²) in [5.74, 6) is -0.641. The molecular weight excluding hydrogens is 296 g/mol. The summed E-state index contributed by atoms with van der Waals surface area (Å²) in [6.07, 6.45) is 0. The van der Waals surface area contributed by atoms with Crippen LogP contribution in [-0.2, 0) is 9.53 Å². The Morgan fingerprint density at radius 2 is 1.87 bits per heavy atom. The third kappa shape index (κ3) is 4.42. The fourth-order valence-corrected chi connectivity index (χ4v) is 2.06. The molecule has 2 rings (SSSR count). The number of aromatic nitrogens is 1. The highest BCUT2D eigenvalue weighted by Gasteiger charge is 2.24. The van der Waals surface area contributed by atoms with Gasteiger partial charge in [0.1, 0.15) is 17.0 Å². The van der Waals surface area contributed by atoms with Crippen LogP contribution < -0.4 is 5.32 Å². The molecule has 0 fully saturated rings. The van der Waals surface area contributed by atoms with Gasteiger partial charge in [-0.3, -0.25) is 4.79 Å². The standard InChI is InChI=1S/C17H20N2O4/c1-11-14(15(19-23-11)12-8-6-5-7-9-12)16(21)22-10-13(20)18-17(2,3)4/h5-9H,10H2,1-4H3,(H,18,20). The summed E-state index contributed by atoms with van der Waals surface area (Å²) in [5, 5.41) is 6.64. The summed E-state index contributed by atoms with van der Waals surface area (Å²) in [5.41, 5.74) is 1.01. The van der Waals surface area contributed by atoms with Crippen LogP contribution >= 0.6 is 0 Å². The van der Waals surface area contributed by atoms with E-state index < -0.39 is 5.97 Å². The second-order valence-electron chi connectivity index (χ2n) is 6.20. The predicted molar refractivity (Wildman–Crippen MR) is 84.9 cm³/mol. The summed E-state index contributed by atoms with van der Waals surface area (Å²) < 4.78 is 10.2. The number of hydrogen-bond donors (Lipinski definition) is 1. The van der Waals surface area contributed by atoms with Gasteiger partial charge in [-0.1, -0.05) is 35.5 Å². The molecule has 0 aliphatic rings. The van der Waals surface area contributed by atoms with Gasteiger partial charge in [0.05, 0.1) is 0 Å². The summed E-state index contributed by atoms with van der Waals surface area (Å²) in [4.78, 5) is 24.0. The fourth-order valence-electron chi connectivity index (χ4n) is 2.06. The highest BCUT2D eigenvalue weighted by molar-refractivity contribution is 5.98. The Balaban J connectivity index is 2.12. The number of ether oxygens (including phenoxy) is 1. The zero-order valence-electron chi connectivity index (χ0n) is 13.7. The van der Waals surface area contributed by atoms with Gasteiger partial charge in [0.2, 0.25) is 0 Å². The van der Waals surface area contributed by atoms with Crippen LogP contribution in [0.15, 0.2) is 34.9 Å². The normalized spacial score (nSPS) is 11.1. The second kappa shape index (κ2) is 6.64. The highest BCUT2D eigenvalue weighted by atomic mass is 16.5. The van der Waals surface area contributed by atoms with Crippen molar-refractivity contribution in [2.24, 2.45) is 0 Å². The van der Waals surface area contributed by atoms with Crippen molar-refractivity contribution in [1.29, 1.82) is 0 Å². The van der Waals surface area contributed by atoms with E-state index in [2.05, 4.69) is 10.5 Å². The van der Waals surface area contributed by atoms with Gasteiger partial charge in [0.25, 0.3) is 5.91 Å². The monoisotopic (exact) mass is 316 g/mol. The van der Waals surface area contributed by atoms with Crippen LogP contribution in [0.25, 0.3) is 11.3 Å². The number of carbonyl (C=O) groups excluding carboxylic acids is 2. The molecule has 2 aromatic rings. The largest absolute Gasteiger partial charge is 0.452 e. The van der Waals surface area contributed by atoms with E-state index in [9.17, 15) is 9.59 Å². The van der Waals surface area contributed by atoms with Gasteiger partial charge in [0, 0.05) is 11.1 Å². The van der Waals surface area contributed by atoms with Crippen LogP contribution in [0.1, 0.15) is 36.9 Å². The van der Waals surface area contributed by atoms with Crippen molar-refractivity contribution >= 4 is 11.9 Å². The molecule has 0 radical (unpaired) electrons. The average molecular weight is 316 g/mol. The molecule has 6 heteroatoms. The SMILES string of the molecule is Cc1onc(-c2ccccc2)c1C(=O)OCC(=O)NC(C)(C)C. The molecule has 1 heterocycles. The van der Waals surface area contributed by atoms with Gasteiger partial charge in [0.15, 0.2) is 6.61 Å². The van der Waals surface area contributed by atoms with Gasteiger partial charge in [-0.2, -0.15) is 0 Å². The van der Waals surface area contributed by atoms with Gasteiger partial charge >= 0.3 is 5.97 Å². The molecule has 0 saturated heterocycles. The molecule has 0 unspecified atom stereocenters. The molecule has 6 nitrogen and oxygen atoms in total. The maximum Gasteiger partial charge on any atom is 0.344 e. The molecule has 0 saturated carbocycles. The minimum atomic E-state index is -0.633. The van der Waals surface area contributed by atoms with Crippen molar-refractivity contribution in [1.82, 2.24) is 10.5 Å². The number of nitrogens with zero attached hydrogens (tertiary/aromatic N) is 1. The lowest BCUT2D eigenvalue weighted by Gasteiger charge is -2.20. The predicted octanol–water partition coefficient (Wildman–Crippen LogP) is 2.72. The van der Waals surface area contributed by atoms with E-state index in [1.54, 1.807) is 6.92 Å². The molecule has 1 amide bonds. The van der Waals surface area contributed by atoms with Crippen molar-refractivity contribution in [2.75, 3.05) is 6.61 Å².